The van der Waals surface area contributed by atoms with Crippen molar-refractivity contribution in [2.75, 3.05) is 5.32 Å². The summed E-state index contributed by atoms with van der Waals surface area (Å²) in [6.45, 7) is 3.96. The number of anilines is 1. The molecule has 0 saturated carbocycles. The van der Waals surface area contributed by atoms with Gasteiger partial charge in [-0.2, -0.15) is 5.21 Å². The molecule has 0 spiro atoms. The number of H-pyrrole nitrogens is 1. The molecule has 1 aromatic carbocycles. The number of benzene rings is 1. The first-order valence-corrected chi connectivity index (χ1v) is 7.54. The summed E-state index contributed by atoms with van der Waals surface area (Å²) in [5, 5.41) is 16.5. The Labute approximate surface area is 117 Å². The van der Waals surface area contributed by atoms with Crippen molar-refractivity contribution in [1.82, 2.24) is 25.3 Å². The summed E-state index contributed by atoms with van der Waals surface area (Å²) in [6, 6.07) is 6.33. The van der Waals surface area contributed by atoms with Crippen molar-refractivity contribution >= 4 is 15.7 Å². The van der Waals surface area contributed by atoms with Crippen LogP contribution in [0, 0.1) is 0 Å². The second-order valence-corrected chi connectivity index (χ2v) is 6.20. The van der Waals surface area contributed by atoms with Gasteiger partial charge in [0.15, 0.2) is 5.82 Å². The van der Waals surface area contributed by atoms with Gasteiger partial charge in [0, 0.05) is 11.7 Å². The van der Waals surface area contributed by atoms with E-state index in [1.54, 1.807) is 38.1 Å². The molecule has 0 amide bonds. The summed E-state index contributed by atoms with van der Waals surface area (Å²) >= 11 is 0. The Morgan fingerprint density at radius 3 is 2.50 bits per heavy atom. The number of nitrogens with one attached hydrogen (secondary N) is 3. The highest BCUT2D eigenvalue weighted by molar-refractivity contribution is 7.89. The number of hydrogen-bond acceptors (Lipinski definition) is 6. The summed E-state index contributed by atoms with van der Waals surface area (Å²) in [4.78, 5) is 0.233. The zero-order valence-corrected chi connectivity index (χ0v) is 12.0. The van der Waals surface area contributed by atoms with Crippen LogP contribution in [0.25, 0.3) is 0 Å². The molecule has 2 aromatic rings. The summed E-state index contributed by atoms with van der Waals surface area (Å²) in [5.41, 5.74) is 0.776. The molecule has 8 nitrogen and oxygen atoms in total. The fourth-order valence-electron chi connectivity index (χ4n) is 1.57. The van der Waals surface area contributed by atoms with Crippen LogP contribution in [0.3, 0.4) is 0 Å². The largest absolute Gasteiger partial charge is 0.378 e. The van der Waals surface area contributed by atoms with Gasteiger partial charge in [0.05, 0.1) is 11.4 Å². The lowest BCUT2D eigenvalue weighted by Gasteiger charge is -2.10. The van der Waals surface area contributed by atoms with Gasteiger partial charge in [0.25, 0.3) is 0 Å². The molecule has 9 heteroatoms. The third kappa shape index (κ3) is 3.75. The highest BCUT2D eigenvalue weighted by Gasteiger charge is 2.14. The molecule has 0 radical (unpaired) electrons. The average molecular weight is 296 g/mol. The Morgan fingerprint density at radius 2 is 1.95 bits per heavy atom. The van der Waals surface area contributed by atoms with Gasteiger partial charge in [-0.1, -0.05) is 5.21 Å². The van der Waals surface area contributed by atoms with Gasteiger partial charge < -0.3 is 5.32 Å². The highest BCUT2D eigenvalue weighted by Crippen LogP contribution is 2.14. The third-order valence-electron chi connectivity index (χ3n) is 2.40. The molecule has 0 fully saturated rings. The molecule has 0 atom stereocenters. The number of sulfonamides is 1. The van der Waals surface area contributed by atoms with E-state index in [1.807, 2.05) is 0 Å². The maximum atomic E-state index is 11.9. The van der Waals surface area contributed by atoms with E-state index in [9.17, 15) is 8.42 Å². The van der Waals surface area contributed by atoms with Crippen LogP contribution in [-0.2, 0) is 16.6 Å². The second-order valence-electron chi connectivity index (χ2n) is 4.48. The Bertz CT molecular complexity index is 636. The van der Waals surface area contributed by atoms with Crippen molar-refractivity contribution < 1.29 is 8.42 Å². The second kappa shape index (κ2) is 5.97. The van der Waals surface area contributed by atoms with Crippen LogP contribution < -0.4 is 10.0 Å². The van der Waals surface area contributed by atoms with E-state index in [2.05, 4.69) is 30.7 Å². The van der Waals surface area contributed by atoms with E-state index in [1.165, 1.54) is 0 Å². The van der Waals surface area contributed by atoms with E-state index in [0.717, 1.165) is 5.69 Å². The first kappa shape index (κ1) is 14.4. The van der Waals surface area contributed by atoms with Crippen molar-refractivity contribution in [3.63, 3.8) is 0 Å². The van der Waals surface area contributed by atoms with Gasteiger partial charge in [-0.15, -0.1) is 10.2 Å². The molecule has 2 rings (SSSR count). The van der Waals surface area contributed by atoms with E-state index in [0.29, 0.717) is 12.4 Å². The van der Waals surface area contributed by atoms with Gasteiger partial charge >= 0.3 is 0 Å². The van der Waals surface area contributed by atoms with Gasteiger partial charge in [0.1, 0.15) is 0 Å². The zero-order valence-electron chi connectivity index (χ0n) is 11.2. The van der Waals surface area contributed by atoms with Crippen molar-refractivity contribution in [1.29, 1.82) is 0 Å². The van der Waals surface area contributed by atoms with Gasteiger partial charge in [-0.05, 0) is 38.1 Å². The SMILES string of the molecule is CC(C)NS(=O)(=O)c1ccc(NCc2nn[nH]n2)cc1. The molecule has 0 unspecified atom stereocenters. The number of aromatic amines is 1. The zero-order chi connectivity index (χ0) is 14.6. The first-order valence-electron chi connectivity index (χ1n) is 6.06. The average Bonchev–Trinajstić information content (AvgIpc) is 2.88. The molecule has 0 aliphatic rings. The summed E-state index contributed by atoms with van der Waals surface area (Å²) in [7, 11) is -3.45. The molecular weight excluding hydrogens is 280 g/mol. The number of rotatable bonds is 6. The highest BCUT2D eigenvalue weighted by atomic mass is 32.2. The van der Waals surface area contributed by atoms with Gasteiger partial charge in [0.2, 0.25) is 10.0 Å². The first-order chi connectivity index (χ1) is 9.47. The van der Waals surface area contributed by atoms with Gasteiger partial charge in [-0.3, -0.25) is 0 Å². The van der Waals surface area contributed by atoms with Gasteiger partial charge in [-0.25, -0.2) is 13.1 Å². The molecule has 0 aliphatic carbocycles. The summed E-state index contributed by atoms with van der Waals surface area (Å²) in [5.74, 6) is 0.531. The smallest absolute Gasteiger partial charge is 0.240 e. The minimum Gasteiger partial charge on any atom is -0.378 e. The number of aromatic nitrogens is 4. The van der Waals surface area contributed by atoms with Crippen molar-refractivity contribution in [3.8, 4) is 0 Å². The standard InChI is InChI=1S/C11H16N6O2S/c1-8(2)15-20(18,19)10-5-3-9(4-6-10)12-7-11-13-16-17-14-11/h3-6,8,12,15H,7H2,1-2H3,(H,13,14,16,17). The molecule has 0 saturated heterocycles. The summed E-state index contributed by atoms with van der Waals surface area (Å²) in [6.07, 6.45) is 0. The Balaban J connectivity index is 2.02. The molecule has 20 heavy (non-hydrogen) atoms. The van der Waals surface area contributed by atoms with E-state index in [-0.39, 0.29) is 10.9 Å². The lowest BCUT2D eigenvalue weighted by Crippen LogP contribution is -2.30. The Kier molecular flexibility index (Phi) is 4.30. The van der Waals surface area contributed by atoms with Crippen LogP contribution in [0.4, 0.5) is 5.69 Å². The number of tetrazole rings is 1. The number of nitrogens with zero attached hydrogens (tertiary/aromatic N) is 3. The molecular formula is C11H16N6O2S. The molecule has 0 aliphatic heterocycles. The predicted molar refractivity (Wildman–Crippen MR) is 73.4 cm³/mol. The van der Waals surface area contributed by atoms with Crippen LogP contribution in [0.2, 0.25) is 0 Å². The quantitative estimate of drug-likeness (QED) is 0.715. The summed E-state index contributed by atoms with van der Waals surface area (Å²) < 4.78 is 26.4. The van der Waals surface area contributed by atoms with Crippen molar-refractivity contribution in [2.45, 2.75) is 31.3 Å². The molecule has 1 aromatic heterocycles. The molecule has 0 bridgehead atoms. The molecule has 3 N–H and O–H groups in total. The van der Waals surface area contributed by atoms with E-state index < -0.39 is 10.0 Å². The number of hydrogen-bond donors (Lipinski definition) is 3. The molecule has 1 heterocycles. The van der Waals surface area contributed by atoms with E-state index >= 15 is 0 Å². The van der Waals surface area contributed by atoms with Crippen molar-refractivity contribution in [2.24, 2.45) is 0 Å². The predicted octanol–water partition coefficient (Wildman–Crippen LogP) is 0.498. The third-order valence-corrected chi connectivity index (χ3v) is 4.07. The Hall–Kier alpha value is -2.00. The van der Waals surface area contributed by atoms with Crippen LogP contribution in [-0.4, -0.2) is 35.1 Å². The maximum Gasteiger partial charge on any atom is 0.240 e. The Morgan fingerprint density at radius 1 is 1.25 bits per heavy atom. The molecule has 108 valence electrons. The van der Waals surface area contributed by atoms with Crippen LogP contribution in [0.15, 0.2) is 29.2 Å². The fraction of sp³-hybridized carbons (Fsp3) is 0.364. The van der Waals surface area contributed by atoms with Crippen LogP contribution >= 0.6 is 0 Å². The minimum absolute atomic E-state index is 0.143. The van der Waals surface area contributed by atoms with Crippen molar-refractivity contribution in [3.05, 3.63) is 30.1 Å². The van der Waals surface area contributed by atoms with E-state index in [4.69, 9.17) is 0 Å². The monoisotopic (exact) mass is 296 g/mol. The maximum absolute atomic E-state index is 11.9. The fourth-order valence-corrected chi connectivity index (χ4v) is 2.82. The topological polar surface area (TPSA) is 113 Å². The lowest BCUT2D eigenvalue weighted by molar-refractivity contribution is 0.570. The normalized spacial score (nSPS) is 11.8. The minimum atomic E-state index is -3.45. The lowest BCUT2D eigenvalue weighted by atomic mass is 10.3. The van der Waals surface area contributed by atoms with Crippen LogP contribution in [0.1, 0.15) is 19.7 Å². The van der Waals surface area contributed by atoms with Crippen LogP contribution in [0.5, 0.6) is 0 Å².